The van der Waals surface area contributed by atoms with E-state index in [4.69, 9.17) is 4.74 Å². The van der Waals surface area contributed by atoms with E-state index in [1.165, 1.54) is 30.0 Å². The highest BCUT2D eigenvalue weighted by molar-refractivity contribution is 5.96. The summed E-state index contributed by atoms with van der Waals surface area (Å²) in [5.74, 6) is -1.47. The number of hydrogen-bond donors (Lipinski definition) is 1. The van der Waals surface area contributed by atoms with Gasteiger partial charge in [0.15, 0.2) is 0 Å². The fourth-order valence-electron chi connectivity index (χ4n) is 4.93. The molecule has 0 heterocycles. The second-order valence-electron chi connectivity index (χ2n) is 10.6. The molecule has 4 heteroatoms. The maximum atomic E-state index is 12.0. The Hall–Kier alpha value is -3.66. The minimum Gasteiger partial charge on any atom is -0.478 e. The van der Waals surface area contributed by atoms with Crippen LogP contribution >= 0.6 is 0 Å². The van der Waals surface area contributed by atoms with E-state index in [1.807, 2.05) is 12.1 Å². The van der Waals surface area contributed by atoms with Crippen LogP contribution in [0.25, 0.3) is 22.4 Å². The number of fused-ring (bicyclic) bond motifs is 2. The number of carboxylic acid groups (broad SMARTS) is 1. The molecule has 0 unspecified atom stereocenters. The first-order chi connectivity index (χ1) is 16.5. The molecule has 0 amide bonds. The molecule has 0 fully saturated rings. The van der Waals surface area contributed by atoms with Crippen LogP contribution in [0.1, 0.15) is 73.1 Å². The summed E-state index contributed by atoms with van der Waals surface area (Å²) < 4.78 is 4.84. The third-order valence-electron chi connectivity index (χ3n) is 7.18. The van der Waals surface area contributed by atoms with Gasteiger partial charge in [-0.05, 0) is 92.6 Å². The maximum Gasteiger partial charge on any atom is 0.337 e. The van der Waals surface area contributed by atoms with Crippen molar-refractivity contribution in [3.05, 3.63) is 94.6 Å². The molecular formula is C31H32O4. The lowest BCUT2D eigenvalue weighted by atomic mass is 9.63. The molecule has 180 valence electrons. The highest BCUT2D eigenvalue weighted by atomic mass is 16.5. The van der Waals surface area contributed by atoms with Gasteiger partial charge in [-0.25, -0.2) is 9.59 Å². The minimum atomic E-state index is -1.03. The van der Waals surface area contributed by atoms with Gasteiger partial charge in [-0.3, -0.25) is 0 Å². The zero-order valence-corrected chi connectivity index (χ0v) is 21.0. The fraction of sp³-hybridized carbons (Fsp3) is 0.290. The standard InChI is InChI=1S/C31H32O4/c1-30(2)13-14-31(3,4)27-19-25-16-20(9-10-23(25)18-26(27)30)15-22(11-12-28(32)33)21-7-6-8-24(17-21)29(34)35-5/h6-12,15-19H,13-14H2,1-5H3,(H,32,33)/b12-11+,22-15-. The second-order valence-corrected chi connectivity index (χ2v) is 10.6. The number of allylic oxidation sites excluding steroid dienone is 2. The molecule has 0 aromatic heterocycles. The van der Waals surface area contributed by atoms with Gasteiger partial charge in [0.25, 0.3) is 0 Å². The van der Waals surface area contributed by atoms with Crippen LogP contribution < -0.4 is 0 Å². The maximum absolute atomic E-state index is 12.0. The van der Waals surface area contributed by atoms with Crippen molar-refractivity contribution in [2.45, 2.75) is 51.4 Å². The summed E-state index contributed by atoms with van der Waals surface area (Å²) in [6, 6.07) is 18.0. The van der Waals surface area contributed by atoms with Gasteiger partial charge in [-0.2, -0.15) is 0 Å². The SMILES string of the molecule is COC(=O)c1cccc(C(=C\c2ccc3cc4c(cc3c2)C(C)(C)CCC4(C)C)/C=C/C(=O)O)c1. The van der Waals surface area contributed by atoms with Gasteiger partial charge in [0.05, 0.1) is 12.7 Å². The van der Waals surface area contributed by atoms with E-state index in [1.54, 1.807) is 24.3 Å². The van der Waals surface area contributed by atoms with E-state index in [-0.39, 0.29) is 10.8 Å². The Kier molecular flexibility index (Phi) is 6.42. The summed E-state index contributed by atoms with van der Waals surface area (Å²) in [4.78, 5) is 23.3. The number of benzene rings is 3. The molecule has 3 aromatic rings. The van der Waals surface area contributed by atoms with Crippen LogP contribution in [0.4, 0.5) is 0 Å². The topological polar surface area (TPSA) is 63.6 Å². The van der Waals surface area contributed by atoms with E-state index < -0.39 is 11.9 Å². The Bertz CT molecular complexity index is 1370. The number of methoxy groups -OCH3 is 1. The average molecular weight is 469 g/mol. The molecule has 1 aliphatic rings. The van der Waals surface area contributed by atoms with Gasteiger partial charge in [0, 0.05) is 6.08 Å². The Morgan fingerprint density at radius 1 is 0.829 bits per heavy atom. The first-order valence-electron chi connectivity index (χ1n) is 11.9. The number of ether oxygens (including phenoxy) is 1. The number of carbonyl (C=O) groups is 2. The van der Waals surface area contributed by atoms with Crippen LogP contribution in [0.3, 0.4) is 0 Å². The molecule has 0 bridgehead atoms. The van der Waals surface area contributed by atoms with Crippen molar-refractivity contribution in [2.24, 2.45) is 0 Å². The normalized spacial score (nSPS) is 16.8. The van der Waals surface area contributed by atoms with Crippen molar-refractivity contribution < 1.29 is 19.4 Å². The van der Waals surface area contributed by atoms with Crippen LogP contribution in [0.15, 0.2) is 66.7 Å². The predicted molar refractivity (Wildman–Crippen MR) is 142 cm³/mol. The summed E-state index contributed by atoms with van der Waals surface area (Å²) in [5.41, 5.74) is 5.89. The van der Waals surface area contributed by atoms with Gasteiger partial charge in [0.1, 0.15) is 0 Å². The second kappa shape index (κ2) is 9.18. The summed E-state index contributed by atoms with van der Waals surface area (Å²) in [6.07, 6.45) is 6.94. The van der Waals surface area contributed by atoms with Crippen molar-refractivity contribution in [2.75, 3.05) is 7.11 Å². The lowest BCUT2D eigenvalue weighted by Crippen LogP contribution is -2.33. The van der Waals surface area contributed by atoms with Crippen LogP contribution in [-0.4, -0.2) is 24.2 Å². The van der Waals surface area contributed by atoms with Crippen molar-refractivity contribution in [3.8, 4) is 0 Å². The predicted octanol–water partition coefficient (Wildman–Crippen LogP) is 7.16. The van der Waals surface area contributed by atoms with Crippen molar-refractivity contribution in [3.63, 3.8) is 0 Å². The molecule has 0 radical (unpaired) electrons. The van der Waals surface area contributed by atoms with E-state index in [2.05, 4.69) is 58.0 Å². The molecule has 1 N–H and O–H groups in total. The molecule has 0 atom stereocenters. The van der Waals surface area contributed by atoms with E-state index >= 15 is 0 Å². The third kappa shape index (κ3) is 5.07. The first kappa shape index (κ1) is 24.5. The van der Waals surface area contributed by atoms with Crippen molar-refractivity contribution in [1.82, 2.24) is 0 Å². The average Bonchev–Trinajstić information content (AvgIpc) is 2.83. The third-order valence-corrected chi connectivity index (χ3v) is 7.18. The van der Waals surface area contributed by atoms with Gasteiger partial charge < -0.3 is 9.84 Å². The highest BCUT2D eigenvalue weighted by Crippen LogP contribution is 2.47. The van der Waals surface area contributed by atoms with Crippen LogP contribution in [-0.2, 0) is 20.4 Å². The van der Waals surface area contributed by atoms with E-state index in [0.29, 0.717) is 11.1 Å². The summed E-state index contributed by atoms with van der Waals surface area (Å²) in [6.45, 7) is 9.29. The lowest BCUT2D eigenvalue weighted by Gasteiger charge is -2.42. The van der Waals surface area contributed by atoms with Gasteiger partial charge in [-0.1, -0.05) is 64.1 Å². The van der Waals surface area contributed by atoms with Crippen LogP contribution in [0.2, 0.25) is 0 Å². The number of rotatable bonds is 5. The lowest BCUT2D eigenvalue weighted by molar-refractivity contribution is -0.131. The molecule has 4 nitrogen and oxygen atoms in total. The number of hydrogen-bond acceptors (Lipinski definition) is 3. The van der Waals surface area contributed by atoms with Crippen molar-refractivity contribution in [1.29, 1.82) is 0 Å². The molecule has 1 aliphatic carbocycles. The first-order valence-corrected chi connectivity index (χ1v) is 11.9. The largest absolute Gasteiger partial charge is 0.478 e. The van der Waals surface area contributed by atoms with E-state index in [9.17, 15) is 14.7 Å². The van der Waals surface area contributed by atoms with Gasteiger partial charge >= 0.3 is 11.9 Å². The van der Waals surface area contributed by atoms with Gasteiger partial charge in [0.2, 0.25) is 0 Å². The zero-order valence-electron chi connectivity index (χ0n) is 21.0. The summed E-state index contributed by atoms with van der Waals surface area (Å²) >= 11 is 0. The molecule has 0 saturated heterocycles. The Balaban J connectivity index is 1.84. The Morgan fingerprint density at radius 3 is 2.09 bits per heavy atom. The Morgan fingerprint density at radius 2 is 1.46 bits per heavy atom. The summed E-state index contributed by atoms with van der Waals surface area (Å²) in [7, 11) is 1.34. The molecule has 0 saturated carbocycles. The number of carbonyl (C=O) groups excluding carboxylic acids is 1. The molecular weight excluding hydrogens is 436 g/mol. The van der Waals surface area contributed by atoms with Crippen molar-refractivity contribution >= 4 is 34.4 Å². The number of esters is 1. The Labute approximate surface area is 206 Å². The molecule has 0 spiro atoms. The van der Waals surface area contributed by atoms with Crippen LogP contribution in [0, 0.1) is 0 Å². The van der Waals surface area contributed by atoms with Gasteiger partial charge in [-0.15, -0.1) is 0 Å². The van der Waals surface area contributed by atoms with E-state index in [0.717, 1.165) is 29.0 Å². The molecule has 0 aliphatic heterocycles. The monoisotopic (exact) mass is 468 g/mol. The number of aliphatic carboxylic acids is 1. The quantitative estimate of drug-likeness (QED) is 0.187. The highest BCUT2D eigenvalue weighted by Gasteiger charge is 2.37. The number of carboxylic acids is 1. The molecule has 4 rings (SSSR count). The zero-order chi connectivity index (χ0) is 25.4. The molecule has 3 aromatic carbocycles. The summed E-state index contributed by atoms with van der Waals surface area (Å²) in [5, 5.41) is 11.6. The minimum absolute atomic E-state index is 0.120. The molecule has 35 heavy (non-hydrogen) atoms. The van der Waals surface area contributed by atoms with Crippen LogP contribution in [0.5, 0.6) is 0 Å². The smallest absolute Gasteiger partial charge is 0.337 e. The fourth-order valence-corrected chi connectivity index (χ4v) is 4.93.